The Bertz CT molecular complexity index is 1070. The zero-order chi connectivity index (χ0) is 22.1. The van der Waals surface area contributed by atoms with Gasteiger partial charge < -0.3 is 0 Å². The van der Waals surface area contributed by atoms with E-state index in [4.69, 9.17) is 23.2 Å². The third-order valence-corrected chi connectivity index (χ3v) is 6.11. The van der Waals surface area contributed by atoms with Gasteiger partial charge in [0.2, 0.25) is 0 Å². The van der Waals surface area contributed by atoms with Crippen LogP contribution in [0, 0.1) is 11.8 Å². The Kier molecular flexibility index (Phi) is 5.94. The maximum absolute atomic E-state index is 13.4. The number of ketones is 1. The lowest BCUT2D eigenvalue weighted by Gasteiger charge is -2.30. The SMILES string of the molecule is O=C(CN(C(=O)c1ccccc1Cl)N1C(=O)[C@H]2CC=CC[C@H]2C1=O)c1ccc(Cl)cc1. The standard InChI is InChI=1S/C23H18Cl2N2O4/c24-15-11-9-14(10-12-15)20(28)13-26(21(29)18-7-3-4-8-19(18)25)27-22(30)16-5-1-2-6-17(16)23(27)31/h1-4,7-12,16-17H,5-6,13H2/t16-,17+. The van der Waals surface area contributed by atoms with Crippen molar-refractivity contribution in [1.29, 1.82) is 0 Å². The van der Waals surface area contributed by atoms with Gasteiger partial charge in [0.05, 0.1) is 22.4 Å². The number of hydrogen-bond donors (Lipinski definition) is 0. The number of fused-ring (bicyclic) bond motifs is 1. The molecule has 3 amide bonds. The van der Waals surface area contributed by atoms with Crippen LogP contribution in [0.25, 0.3) is 0 Å². The summed E-state index contributed by atoms with van der Waals surface area (Å²) in [4.78, 5) is 52.5. The van der Waals surface area contributed by atoms with Crippen LogP contribution in [-0.2, 0) is 9.59 Å². The highest BCUT2D eigenvalue weighted by molar-refractivity contribution is 6.34. The van der Waals surface area contributed by atoms with Crippen LogP contribution in [0.3, 0.4) is 0 Å². The zero-order valence-electron chi connectivity index (χ0n) is 16.3. The minimum absolute atomic E-state index is 0.0988. The first-order valence-electron chi connectivity index (χ1n) is 9.76. The van der Waals surface area contributed by atoms with Gasteiger partial charge >= 0.3 is 0 Å². The number of allylic oxidation sites excluding steroid dienone is 2. The average molecular weight is 457 g/mol. The molecule has 2 atom stereocenters. The van der Waals surface area contributed by atoms with E-state index in [1.165, 1.54) is 24.3 Å². The lowest BCUT2D eigenvalue weighted by molar-refractivity contribution is -0.154. The number of halogens is 2. The molecule has 0 radical (unpaired) electrons. The number of hydrogen-bond acceptors (Lipinski definition) is 4. The highest BCUT2D eigenvalue weighted by Gasteiger charge is 2.51. The van der Waals surface area contributed by atoms with E-state index in [0.717, 1.165) is 10.0 Å². The van der Waals surface area contributed by atoms with Crippen LogP contribution >= 0.6 is 23.2 Å². The van der Waals surface area contributed by atoms with E-state index in [9.17, 15) is 19.2 Å². The van der Waals surface area contributed by atoms with E-state index in [2.05, 4.69) is 0 Å². The Balaban J connectivity index is 1.70. The summed E-state index contributed by atoms with van der Waals surface area (Å²) in [5.41, 5.74) is 0.404. The molecule has 0 bridgehead atoms. The molecule has 4 rings (SSSR count). The molecule has 31 heavy (non-hydrogen) atoms. The maximum atomic E-state index is 13.4. The fraction of sp³-hybridized carbons (Fsp3) is 0.217. The molecule has 1 aliphatic carbocycles. The summed E-state index contributed by atoms with van der Waals surface area (Å²) in [6.45, 7) is -0.490. The molecular formula is C23H18Cl2N2O4. The molecule has 2 aliphatic rings. The van der Waals surface area contributed by atoms with Gasteiger partial charge in [-0.3, -0.25) is 19.2 Å². The molecular weight excluding hydrogens is 439 g/mol. The van der Waals surface area contributed by atoms with Crippen molar-refractivity contribution in [2.45, 2.75) is 12.8 Å². The number of imide groups is 1. The van der Waals surface area contributed by atoms with Crippen molar-refractivity contribution >= 4 is 46.7 Å². The fourth-order valence-electron chi connectivity index (χ4n) is 3.89. The van der Waals surface area contributed by atoms with E-state index >= 15 is 0 Å². The maximum Gasteiger partial charge on any atom is 0.274 e. The third-order valence-electron chi connectivity index (χ3n) is 5.52. The second-order valence-corrected chi connectivity index (χ2v) is 8.26. The molecule has 2 aromatic carbocycles. The molecule has 1 aliphatic heterocycles. The summed E-state index contributed by atoms with van der Waals surface area (Å²) < 4.78 is 0. The minimum Gasteiger partial charge on any atom is -0.292 e. The van der Waals surface area contributed by atoms with Gasteiger partial charge in [0, 0.05) is 10.6 Å². The highest BCUT2D eigenvalue weighted by Crippen LogP contribution is 2.36. The molecule has 2 aromatic rings. The van der Waals surface area contributed by atoms with Crippen molar-refractivity contribution in [1.82, 2.24) is 10.0 Å². The summed E-state index contributed by atoms with van der Waals surface area (Å²) in [5, 5.41) is 2.37. The van der Waals surface area contributed by atoms with Crippen LogP contribution in [0.5, 0.6) is 0 Å². The number of amides is 3. The van der Waals surface area contributed by atoms with Gasteiger partial charge in [-0.15, -0.1) is 0 Å². The molecule has 6 nitrogen and oxygen atoms in total. The Labute approximate surface area is 189 Å². The summed E-state index contributed by atoms with van der Waals surface area (Å²) in [6.07, 6.45) is 4.56. The second-order valence-electron chi connectivity index (χ2n) is 7.42. The number of carbonyl (C=O) groups excluding carboxylic acids is 4. The Morgan fingerprint density at radius 2 is 1.48 bits per heavy atom. The molecule has 0 aromatic heterocycles. The van der Waals surface area contributed by atoms with Gasteiger partial charge in [0.1, 0.15) is 6.54 Å². The van der Waals surface area contributed by atoms with Crippen LogP contribution in [-0.4, -0.2) is 40.1 Å². The van der Waals surface area contributed by atoms with Crippen LogP contribution in [0.4, 0.5) is 0 Å². The van der Waals surface area contributed by atoms with Gasteiger partial charge in [-0.25, -0.2) is 5.01 Å². The number of Topliss-reactive ketones (excluding diaryl/α,β-unsaturated/α-hetero) is 1. The van der Waals surface area contributed by atoms with Gasteiger partial charge in [0.25, 0.3) is 17.7 Å². The summed E-state index contributed by atoms with van der Waals surface area (Å²) in [7, 11) is 0. The van der Waals surface area contributed by atoms with Crippen molar-refractivity contribution in [2.24, 2.45) is 11.8 Å². The first-order chi connectivity index (χ1) is 14.9. The zero-order valence-corrected chi connectivity index (χ0v) is 17.8. The van der Waals surface area contributed by atoms with Crippen molar-refractivity contribution in [2.75, 3.05) is 6.54 Å². The first kappa shape index (κ1) is 21.3. The predicted molar refractivity (Wildman–Crippen MR) is 115 cm³/mol. The molecule has 0 unspecified atom stereocenters. The van der Waals surface area contributed by atoms with Gasteiger partial charge in [-0.05, 0) is 49.2 Å². The van der Waals surface area contributed by atoms with E-state index in [1.54, 1.807) is 24.3 Å². The molecule has 158 valence electrons. The summed E-state index contributed by atoms with van der Waals surface area (Å²) in [6, 6.07) is 12.5. The van der Waals surface area contributed by atoms with Crippen LogP contribution in [0.1, 0.15) is 33.6 Å². The molecule has 1 heterocycles. The van der Waals surface area contributed by atoms with Crippen molar-refractivity contribution in [3.05, 3.63) is 81.9 Å². The lowest BCUT2D eigenvalue weighted by atomic mass is 9.85. The number of benzene rings is 2. The molecule has 0 spiro atoms. The second kappa shape index (κ2) is 8.65. The van der Waals surface area contributed by atoms with Gasteiger partial charge in [-0.2, -0.15) is 5.01 Å². The largest absolute Gasteiger partial charge is 0.292 e. The van der Waals surface area contributed by atoms with Gasteiger partial charge in [-0.1, -0.05) is 47.5 Å². The Morgan fingerprint density at radius 1 is 0.903 bits per heavy atom. The lowest BCUT2D eigenvalue weighted by Crippen LogP contribution is -2.52. The normalized spacial score (nSPS) is 20.0. The van der Waals surface area contributed by atoms with Crippen LogP contribution < -0.4 is 0 Å². The third kappa shape index (κ3) is 4.01. The molecule has 0 saturated carbocycles. The van der Waals surface area contributed by atoms with Gasteiger partial charge in [0.15, 0.2) is 5.78 Å². The monoisotopic (exact) mass is 456 g/mol. The molecule has 1 fully saturated rings. The van der Waals surface area contributed by atoms with E-state index < -0.39 is 41.9 Å². The Morgan fingerprint density at radius 3 is 2.06 bits per heavy atom. The molecule has 8 heteroatoms. The number of rotatable bonds is 5. The van der Waals surface area contributed by atoms with Crippen LogP contribution in [0.2, 0.25) is 10.0 Å². The predicted octanol–water partition coefficient (Wildman–Crippen LogP) is 4.18. The topological polar surface area (TPSA) is 74.8 Å². The molecule has 1 saturated heterocycles. The smallest absolute Gasteiger partial charge is 0.274 e. The first-order valence-corrected chi connectivity index (χ1v) is 10.5. The van der Waals surface area contributed by atoms with Crippen molar-refractivity contribution in [3.8, 4) is 0 Å². The minimum atomic E-state index is -0.693. The summed E-state index contributed by atoms with van der Waals surface area (Å²) >= 11 is 12.1. The molecule has 0 N–H and O–H groups in total. The fourth-order valence-corrected chi connectivity index (χ4v) is 4.23. The number of hydrazine groups is 1. The van der Waals surface area contributed by atoms with E-state index in [-0.39, 0.29) is 10.6 Å². The van der Waals surface area contributed by atoms with E-state index in [0.29, 0.717) is 23.4 Å². The number of nitrogens with zero attached hydrogens (tertiary/aromatic N) is 2. The van der Waals surface area contributed by atoms with E-state index in [1.807, 2.05) is 12.2 Å². The highest BCUT2D eigenvalue weighted by atomic mass is 35.5. The Hall–Kier alpha value is -2.96. The van der Waals surface area contributed by atoms with Crippen molar-refractivity contribution in [3.63, 3.8) is 0 Å². The van der Waals surface area contributed by atoms with Crippen molar-refractivity contribution < 1.29 is 19.2 Å². The number of carbonyl (C=O) groups is 4. The van der Waals surface area contributed by atoms with Crippen LogP contribution in [0.15, 0.2) is 60.7 Å². The quantitative estimate of drug-likeness (QED) is 0.384. The summed E-state index contributed by atoms with van der Waals surface area (Å²) in [5.74, 6) is -3.17. The average Bonchev–Trinajstić information content (AvgIpc) is 3.03.